The van der Waals surface area contributed by atoms with Crippen molar-refractivity contribution < 1.29 is 27.3 Å². The minimum Gasteiger partial charge on any atom is -1.00 e. The molecule has 4 nitrogen and oxygen atoms in total. The molecule has 0 aliphatic heterocycles. The number of aryl methyl sites for hydroxylation is 1. The van der Waals surface area contributed by atoms with E-state index in [4.69, 9.17) is 22.8 Å². The third kappa shape index (κ3) is 4.07. The van der Waals surface area contributed by atoms with Gasteiger partial charge in [-0.05, 0) is 37.0 Å². The third-order valence-corrected chi connectivity index (χ3v) is 4.12. The van der Waals surface area contributed by atoms with Crippen molar-refractivity contribution in [2.75, 3.05) is 20.1 Å². The Morgan fingerprint density at radius 2 is 2.32 bits per heavy atom. The number of hydrogen-bond acceptors (Lipinski definition) is 2. The Balaban J connectivity index is 0.00000242. The second kappa shape index (κ2) is 8.28. The molecule has 0 radical (unpaired) electrons. The standard InChI is InChI=1S/C16H19ClN2O2.ClH/c1-4-8-18-14-7-6-11-9-13(17)15(10-12(11)14)21-16(20)19(3)5-2;/h1,9-10,14,18H,5-8H2,2-3H3;1H. The minimum absolute atomic E-state index is 0. The largest absolute Gasteiger partial charge is 1.00 e. The number of hydrogen-bond donors (Lipinski definition) is 1. The molecule has 1 aromatic carbocycles. The Hall–Kier alpha value is -1.41. The van der Waals surface area contributed by atoms with E-state index in [1.807, 2.05) is 19.1 Å². The second-order valence-electron chi connectivity index (χ2n) is 5.15. The van der Waals surface area contributed by atoms with E-state index < -0.39 is 6.09 Å². The summed E-state index contributed by atoms with van der Waals surface area (Å²) in [6.45, 7) is 3.11. The molecule has 0 saturated carbocycles. The molecule has 120 valence electrons. The van der Waals surface area contributed by atoms with E-state index in [2.05, 4.69) is 11.2 Å². The Morgan fingerprint density at radius 3 is 2.95 bits per heavy atom. The van der Waals surface area contributed by atoms with E-state index in [9.17, 15) is 4.79 Å². The minimum atomic E-state index is -0.401. The van der Waals surface area contributed by atoms with Gasteiger partial charge in [-0.3, -0.25) is 0 Å². The molecule has 0 saturated heterocycles. The maximum absolute atomic E-state index is 11.9. The van der Waals surface area contributed by atoms with Gasteiger partial charge in [-0.25, -0.2) is 4.79 Å². The molecule has 6 heteroatoms. The summed E-state index contributed by atoms with van der Waals surface area (Å²) in [5, 5.41) is 2.60. The number of amides is 1. The molecular formula is C16H20Cl2N2O2. The Bertz CT molecular complexity index is 584. The van der Waals surface area contributed by atoms with Gasteiger partial charge in [0.25, 0.3) is 0 Å². The van der Waals surface area contributed by atoms with Crippen LogP contribution in [0.4, 0.5) is 4.79 Å². The zero-order valence-electron chi connectivity index (χ0n) is 12.7. The van der Waals surface area contributed by atoms with Gasteiger partial charge in [0.05, 0.1) is 5.02 Å². The topological polar surface area (TPSA) is 46.1 Å². The SMILES string of the molecule is C#CC[NH2+]C1CCc2cc(Cl)c(OC(=O)N(C)CC)cc21.[Cl-]. The molecule has 0 bridgehead atoms. The van der Waals surface area contributed by atoms with Gasteiger partial charge < -0.3 is 27.4 Å². The van der Waals surface area contributed by atoms with Crippen molar-refractivity contribution in [2.45, 2.75) is 25.8 Å². The van der Waals surface area contributed by atoms with Crippen LogP contribution in [0.3, 0.4) is 0 Å². The van der Waals surface area contributed by atoms with Crippen molar-refractivity contribution in [3.05, 3.63) is 28.3 Å². The number of carbonyl (C=O) groups excluding carboxylic acids is 1. The van der Waals surface area contributed by atoms with Crippen LogP contribution in [0.25, 0.3) is 0 Å². The first kappa shape index (κ1) is 18.6. The number of halogens is 2. The van der Waals surface area contributed by atoms with Crippen LogP contribution in [0, 0.1) is 12.3 Å². The molecule has 2 N–H and O–H groups in total. The van der Waals surface area contributed by atoms with Crippen LogP contribution in [0.2, 0.25) is 5.02 Å². The molecule has 1 atom stereocenters. The molecular weight excluding hydrogens is 323 g/mol. The van der Waals surface area contributed by atoms with Crippen LogP contribution in [0.5, 0.6) is 5.75 Å². The summed E-state index contributed by atoms with van der Waals surface area (Å²) < 4.78 is 5.38. The maximum atomic E-state index is 11.9. The summed E-state index contributed by atoms with van der Waals surface area (Å²) in [5.41, 5.74) is 2.37. The summed E-state index contributed by atoms with van der Waals surface area (Å²) in [5.74, 6) is 3.05. The number of quaternary nitrogens is 1. The van der Waals surface area contributed by atoms with Crippen molar-refractivity contribution in [1.82, 2.24) is 4.90 Å². The number of carbonyl (C=O) groups is 1. The lowest BCUT2D eigenvalue weighted by Crippen LogP contribution is -3.00. The van der Waals surface area contributed by atoms with Gasteiger partial charge in [0.2, 0.25) is 0 Å². The first-order valence-corrected chi connectivity index (χ1v) is 7.46. The first-order chi connectivity index (χ1) is 10.1. The fourth-order valence-electron chi connectivity index (χ4n) is 2.47. The summed E-state index contributed by atoms with van der Waals surface area (Å²) in [7, 11) is 1.69. The van der Waals surface area contributed by atoms with Crippen LogP contribution < -0.4 is 22.5 Å². The van der Waals surface area contributed by atoms with Gasteiger partial charge >= 0.3 is 6.09 Å². The highest BCUT2D eigenvalue weighted by molar-refractivity contribution is 6.32. The Morgan fingerprint density at radius 1 is 1.59 bits per heavy atom. The molecule has 2 rings (SSSR count). The first-order valence-electron chi connectivity index (χ1n) is 7.08. The van der Waals surface area contributed by atoms with E-state index >= 15 is 0 Å². The molecule has 1 unspecified atom stereocenters. The average molecular weight is 343 g/mol. The summed E-state index contributed by atoms with van der Waals surface area (Å²) in [6.07, 6.45) is 6.92. The van der Waals surface area contributed by atoms with Gasteiger partial charge in [0, 0.05) is 25.6 Å². The van der Waals surface area contributed by atoms with Crippen molar-refractivity contribution in [2.24, 2.45) is 0 Å². The van der Waals surface area contributed by atoms with Crippen LogP contribution >= 0.6 is 11.6 Å². The lowest BCUT2D eigenvalue weighted by molar-refractivity contribution is -0.685. The highest BCUT2D eigenvalue weighted by Gasteiger charge is 2.27. The quantitative estimate of drug-likeness (QED) is 0.712. The van der Waals surface area contributed by atoms with E-state index in [1.54, 1.807) is 7.05 Å². The average Bonchev–Trinajstić information content (AvgIpc) is 2.86. The lowest BCUT2D eigenvalue weighted by Gasteiger charge is -2.16. The highest BCUT2D eigenvalue weighted by Crippen LogP contribution is 2.36. The van der Waals surface area contributed by atoms with Gasteiger partial charge in [0.15, 0.2) is 5.75 Å². The van der Waals surface area contributed by atoms with Gasteiger partial charge in [0.1, 0.15) is 12.6 Å². The number of nitrogens with zero attached hydrogens (tertiary/aromatic N) is 1. The predicted molar refractivity (Wildman–Crippen MR) is 82.5 cm³/mol. The normalized spacial score (nSPS) is 15.5. The van der Waals surface area contributed by atoms with Crippen LogP contribution in [-0.2, 0) is 6.42 Å². The zero-order chi connectivity index (χ0) is 15.4. The molecule has 1 aliphatic rings. The van der Waals surface area contributed by atoms with Crippen molar-refractivity contribution in [3.63, 3.8) is 0 Å². The molecule has 0 fully saturated rings. The highest BCUT2D eigenvalue weighted by atomic mass is 35.5. The fraction of sp³-hybridized carbons (Fsp3) is 0.438. The Kier molecular flexibility index (Phi) is 7.02. The zero-order valence-corrected chi connectivity index (χ0v) is 14.2. The molecule has 0 heterocycles. The van der Waals surface area contributed by atoms with E-state index in [0.717, 1.165) is 18.4 Å². The summed E-state index contributed by atoms with van der Waals surface area (Å²) >= 11 is 6.21. The maximum Gasteiger partial charge on any atom is 0.415 e. The van der Waals surface area contributed by atoms with Crippen molar-refractivity contribution >= 4 is 17.7 Å². The number of benzene rings is 1. The van der Waals surface area contributed by atoms with Crippen molar-refractivity contribution in [3.8, 4) is 18.1 Å². The third-order valence-electron chi connectivity index (χ3n) is 3.82. The predicted octanol–water partition coefficient (Wildman–Crippen LogP) is -1.02. The van der Waals surface area contributed by atoms with E-state index in [-0.39, 0.29) is 12.4 Å². The van der Waals surface area contributed by atoms with Crippen LogP contribution in [0.15, 0.2) is 12.1 Å². The van der Waals surface area contributed by atoms with E-state index in [1.165, 1.54) is 10.5 Å². The molecule has 1 aliphatic carbocycles. The number of fused-ring (bicyclic) bond motifs is 1. The van der Waals surface area contributed by atoms with E-state index in [0.29, 0.717) is 29.9 Å². The fourth-order valence-corrected chi connectivity index (χ4v) is 2.70. The molecule has 0 aromatic heterocycles. The molecule has 1 aromatic rings. The van der Waals surface area contributed by atoms with Crippen LogP contribution in [-0.4, -0.2) is 31.1 Å². The number of nitrogens with two attached hydrogens (primary N) is 1. The number of rotatable bonds is 4. The van der Waals surface area contributed by atoms with Gasteiger partial charge in [-0.1, -0.05) is 11.6 Å². The summed E-state index contributed by atoms with van der Waals surface area (Å²) in [6, 6.07) is 4.09. The number of terminal acetylenes is 1. The molecule has 22 heavy (non-hydrogen) atoms. The summed E-state index contributed by atoms with van der Waals surface area (Å²) in [4.78, 5) is 13.4. The monoisotopic (exact) mass is 342 g/mol. The lowest BCUT2D eigenvalue weighted by atomic mass is 10.1. The second-order valence-corrected chi connectivity index (χ2v) is 5.56. The van der Waals surface area contributed by atoms with Gasteiger partial charge in [-0.2, -0.15) is 0 Å². The van der Waals surface area contributed by atoms with Crippen LogP contribution in [0.1, 0.15) is 30.5 Å². The molecule has 0 spiro atoms. The Labute approximate surface area is 142 Å². The van der Waals surface area contributed by atoms with Gasteiger partial charge in [-0.15, -0.1) is 6.42 Å². The smallest absolute Gasteiger partial charge is 0.415 e. The molecule has 1 amide bonds. The van der Waals surface area contributed by atoms with Crippen molar-refractivity contribution in [1.29, 1.82) is 0 Å². The number of ether oxygens (including phenoxy) is 1.